The molecule has 0 radical (unpaired) electrons. The first-order valence-corrected chi connectivity index (χ1v) is 6.07. The highest BCUT2D eigenvalue weighted by molar-refractivity contribution is 6.03. The van der Waals surface area contributed by atoms with E-state index in [0.717, 1.165) is 12.1 Å². The van der Waals surface area contributed by atoms with Crippen LogP contribution in [0.5, 0.6) is 0 Å². The number of nitrogens with zero attached hydrogens (tertiary/aromatic N) is 2. The van der Waals surface area contributed by atoms with E-state index in [-0.39, 0.29) is 10.0 Å². The van der Waals surface area contributed by atoms with E-state index < -0.39 is 53.1 Å². The summed E-state index contributed by atoms with van der Waals surface area (Å²) in [5.74, 6) is 9.52. The van der Waals surface area contributed by atoms with Gasteiger partial charge in [0, 0.05) is 5.56 Å². The maximum atomic E-state index is 12.7. The number of urea groups is 2. The number of hydrogen-bond acceptors (Lipinski definition) is 5. The van der Waals surface area contributed by atoms with Crippen molar-refractivity contribution in [3.8, 4) is 0 Å². The van der Waals surface area contributed by atoms with E-state index in [1.807, 2.05) is 0 Å². The van der Waals surface area contributed by atoms with Crippen LogP contribution in [0.1, 0.15) is 15.9 Å². The summed E-state index contributed by atoms with van der Waals surface area (Å²) >= 11 is 0. The van der Waals surface area contributed by atoms with Gasteiger partial charge < -0.3 is 17.2 Å². The first-order chi connectivity index (χ1) is 10.8. The predicted molar refractivity (Wildman–Crippen MR) is 77.2 cm³/mol. The molecule has 0 saturated carbocycles. The number of hydrazine groups is 2. The van der Waals surface area contributed by atoms with Gasteiger partial charge >= 0.3 is 18.2 Å². The van der Waals surface area contributed by atoms with Crippen molar-refractivity contribution in [3.05, 3.63) is 23.3 Å². The van der Waals surface area contributed by atoms with Gasteiger partial charge in [-0.1, -0.05) is 0 Å². The van der Waals surface area contributed by atoms with Crippen LogP contribution in [0.25, 0.3) is 0 Å². The van der Waals surface area contributed by atoms with E-state index in [2.05, 4.69) is 0 Å². The maximum Gasteiger partial charge on any atom is 0.393 e. The van der Waals surface area contributed by atoms with Gasteiger partial charge in [-0.15, -0.1) is 0 Å². The third-order valence-electron chi connectivity index (χ3n) is 2.85. The molecule has 24 heavy (non-hydrogen) atoms. The molecule has 0 atom stereocenters. The smallest absolute Gasteiger partial charge is 0.366 e. The molecule has 0 fully saturated rings. The van der Waals surface area contributed by atoms with Crippen LogP contribution < -0.4 is 38.9 Å². The monoisotopic (exact) mass is 349 g/mol. The van der Waals surface area contributed by atoms with E-state index in [9.17, 15) is 27.6 Å². The Morgan fingerprint density at radius 2 is 1.33 bits per heavy atom. The molecule has 0 aliphatic heterocycles. The van der Waals surface area contributed by atoms with Crippen molar-refractivity contribution >= 4 is 29.3 Å². The molecule has 0 spiro atoms. The minimum Gasteiger partial charge on any atom is -0.366 e. The summed E-state index contributed by atoms with van der Waals surface area (Å²) in [6, 6.07) is -1.03. The van der Waals surface area contributed by atoms with E-state index in [1.165, 1.54) is 0 Å². The Balaban J connectivity index is 3.69. The summed E-state index contributed by atoms with van der Waals surface area (Å²) < 4.78 is 38.0. The molecule has 0 bridgehead atoms. The van der Waals surface area contributed by atoms with Crippen molar-refractivity contribution in [2.45, 2.75) is 12.6 Å². The number of halogens is 3. The number of anilines is 2. The Morgan fingerprint density at radius 1 is 0.917 bits per heavy atom. The zero-order valence-electron chi connectivity index (χ0n) is 12.0. The number of rotatable bonds is 4. The fraction of sp³-hybridized carbons (Fsp3) is 0.182. The van der Waals surface area contributed by atoms with Crippen LogP contribution in [0, 0.1) is 0 Å². The molecule has 132 valence electrons. The van der Waals surface area contributed by atoms with Gasteiger partial charge in [0.05, 0.1) is 17.8 Å². The molecule has 10 N–H and O–H groups in total. The number of nitrogens with two attached hydrogens (primary N) is 5. The van der Waals surface area contributed by atoms with Gasteiger partial charge in [0.25, 0.3) is 0 Å². The lowest BCUT2D eigenvalue weighted by Crippen LogP contribution is -2.46. The molecule has 1 rings (SSSR count). The molecular formula is C11H14F3N7O3. The van der Waals surface area contributed by atoms with Gasteiger partial charge in [-0.2, -0.15) is 13.2 Å². The van der Waals surface area contributed by atoms with Gasteiger partial charge in [-0.25, -0.2) is 31.3 Å². The highest BCUT2D eigenvalue weighted by Gasteiger charge is 2.32. The first-order valence-electron chi connectivity index (χ1n) is 6.07. The molecule has 0 heterocycles. The van der Waals surface area contributed by atoms with Crippen molar-refractivity contribution < 1.29 is 27.6 Å². The largest absolute Gasteiger partial charge is 0.393 e. The van der Waals surface area contributed by atoms with E-state index in [4.69, 9.17) is 28.9 Å². The zero-order chi connectivity index (χ0) is 18.8. The zero-order valence-corrected chi connectivity index (χ0v) is 12.0. The number of benzene rings is 1. The summed E-state index contributed by atoms with van der Waals surface area (Å²) in [6.45, 7) is 0. The average molecular weight is 349 g/mol. The quantitative estimate of drug-likeness (QED) is 0.275. The summed E-state index contributed by atoms with van der Waals surface area (Å²) in [6.07, 6.45) is -6.24. The van der Waals surface area contributed by atoms with Crippen molar-refractivity contribution in [1.29, 1.82) is 0 Å². The molecule has 0 unspecified atom stereocenters. The van der Waals surface area contributed by atoms with Crippen molar-refractivity contribution in [2.24, 2.45) is 28.9 Å². The SMILES string of the molecule is NC(=O)c1cc(N(N)C(N)=O)c(N(N)C(N)=O)cc1CC(F)(F)F. The second kappa shape index (κ2) is 6.59. The average Bonchev–Trinajstić information content (AvgIpc) is 2.42. The lowest BCUT2D eigenvalue weighted by atomic mass is 10.0. The number of hydrogen-bond donors (Lipinski definition) is 5. The number of amides is 5. The van der Waals surface area contributed by atoms with Crippen LogP contribution >= 0.6 is 0 Å². The number of primary amides is 3. The Labute approximate surface area is 132 Å². The lowest BCUT2D eigenvalue weighted by Gasteiger charge is -2.24. The molecule has 13 heteroatoms. The molecule has 0 saturated heterocycles. The van der Waals surface area contributed by atoms with Crippen LogP contribution in [0.3, 0.4) is 0 Å². The fourth-order valence-electron chi connectivity index (χ4n) is 1.84. The van der Waals surface area contributed by atoms with Gasteiger partial charge in [-0.3, -0.25) is 4.79 Å². The van der Waals surface area contributed by atoms with Gasteiger partial charge in [0.15, 0.2) is 0 Å². The second-order valence-electron chi connectivity index (χ2n) is 4.57. The molecule has 10 nitrogen and oxygen atoms in total. The van der Waals surface area contributed by atoms with Crippen molar-refractivity contribution in [3.63, 3.8) is 0 Å². The van der Waals surface area contributed by atoms with Gasteiger partial charge in [0.2, 0.25) is 5.91 Å². The molecule has 5 amide bonds. The summed E-state index contributed by atoms with van der Waals surface area (Å²) in [5.41, 5.74) is 12.9. The normalized spacial score (nSPS) is 11.0. The van der Waals surface area contributed by atoms with Crippen LogP contribution in [-0.2, 0) is 6.42 Å². The van der Waals surface area contributed by atoms with Crippen molar-refractivity contribution in [1.82, 2.24) is 0 Å². The molecule has 1 aromatic rings. The number of alkyl halides is 3. The Morgan fingerprint density at radius 3 is 1.67 bits per heavy atom. The second-order valence-corrected chi connectivity index (χ2v) is 4.57. The minimum absolute atomic E-state index is 0.239. The van der Waals surface area contributed by atoms with Crippen molar-refractivity contribution in [2.75, 3.05) is 10.0 Å². The number of carbonyl (C=O) groups excluding carboxylic acids is 3. The van der Waals surface area contributed by atoms with Gasteiger partial charge in [-0.05, 0) is 17.7 Å². The highest BCUT2D eigenvalue weighted by Crippen LogP contribution is 2.33. The lowest BCUT2D eigenvalue weighted by molar-refractivity contribution is -0.127. The third-order valence-corrected chi connectivity index (χ3v) is 2.85. The number of carbonyl (C=O) groups is 3. The Kier molecular flexibility index (Phi) is 5.22. The highest BCUT2D eigenvalue weighted by atomic mass is 19.4. The fourth-order valence-corrected chi connectivity index (χ4v) is 1.84. The molecule has 0 aromatic heterocycles. The minimum atomic E-state index is -4.69. The maximum absolute atomic E-state index is 12.7. The molecule has 0 aliphatic rings. The summed E-state index contributed by atoms with van der Waals surface area (Å²) in [4.78, 5) is 33.8. The van der Waals surface area contributed by atoms with Crippen LogP contribution in [0.15, 0.2) is 12.1 Å². The van der Waals surface area contributed by atoms with Crippen LogP contribution in [-0.4, -0.2) is 24.1 Å². The predicted octanol–water partition coefficient (Wildman–Crippen LogP) is -0.592. The standard InChI is InChI=1S/C11H14F3N7O3/c12-11(13,14)3-4-1-6(20(18)9(16)23)7(21(19)10(17)24)2-5(4)8(15)22/h1-2H,3,18-19H2,(H2,15,22)(H2,16,23)(H2,17,24). The van der Waals surface area contributed by atoms with E-state index in [1.54, 1.807) is 0 Å². The molecule has 1 aromatic carbocycles. The first kappa shape index (κ1) is 19.0. The third kappa shape index (κ3) is 4.23. The molecular weight excluding hydrogens is 335 g/mol. The Hall–Kier alpha value is -3.06. The van der Waals surface area contributed by atoms with E-state index >= 15 is 0 Å². The van der Waals surface area contributed by atoms with Crippen LogP contribution in [0.2, 0.25) is 0 Å². The molecule has 0 aliphatic carbocycles. The van der Waals surface area contributed by atoms with Gasteiger partial charge in [0.1, 0.15) is 0 Å². The van der Waals surface area contributed by atoms with E-state index in [0.29, 0.717) is 0 Å². The summed E-state index contributed by atoms with van der Waals surface area (Å²) in [5, 5.41) is 0.505. The van der Waals surface area contributed by atoms with Crippen LogP contribution in [0.4, 0.5) is 34.1 Å². The summed E-state index contributed by atoms with van der Waals surface area (Å²) in [7, 11) is 0. The topological polar surface area (TPSA) is 188 Å². The Bertz CT molecular complexity index is 692.